The van der Waals surface area contributed by atoms with E-state index < -0.39 is 28.9 Å². The highest BCUT2D eigenvalue weighted by Gasteiger charge is 2.35. The molecule has 0 atom stereocenters. The highest BCUT2D eigenvalue weighted by Crippen LogP contribution is 2.31. The largest absolute Gasteiger partial charge is 0.431 e. The zero-order valence-electron chi connectivity index (χ0n) is 11.4. The first-order valence-corrected chi connectivity index (χ1v) is 6.91. The van der Waals surface area contributed by atoms with Crippen molar-refractivity contribution in [3.05, 3.63) is 33.7 Å². The summed E-state index contributed by atoms with van der Waals surface area (Å²) in [5.41, 5.74) is 2.66. The average molecular weight is 302 g/mol. The fourth-order valence-corrected chi connectivity index (χ4v) is 2.82. The molecule has 1 amide bonds. The maximum atomic E-state index is 13.0. The normalized spacial score (nSPS) is 16.9. The summed E-state index contributed by atoms with van der Waals surface area (Å²) in [4.78, 5) is 23.3. The van der Waals surface area contributed by atoms with Crippen LogP contribution in [0.5, 0.6) is 0 Å². The molecule has 0 radical (unpaired) electrons. The Hall–Kier alpha value is -1.79. The van der Waals surface area contributed by atoms with E-state index in [1.165, 1.54) is 0 Å². The van der Waals surface area contributed by atoms with Crippen LogP contribution in [0.2, 0.25) is 0 Å². The van der Waals surface area contributed by atoms with Crippen LogP contribution in [0.4, 0.5) is 13.2 Å². The Bertz CT molecular complexity index is 587. The molecule has 1 heterocycles. The van der Waals surface area contributed by atoms with Crippen LogP contribution in [0.15, 0.2) is 16.9 Å². The van der Waals surface area contributed by atoms with Gasteiger partial charge in [0.15, 0.2) is 0 Å². The lowest BCUT2D eigenvalue weighted by Gasteiger charge is -2.24. The van der Waals surface area contributed by atoms with E-state index in [0.29, 0.717) is 4.57 Å². The summed E-state index contributed by atoms with van der Waals surface area (Å²) in [5.74, 6) is -0.980. The maximum absolute atomic E-state index is 13.0. The molecule has 1 aromatic heterocycles. The monoisotopic (exact) mass is 302 g/mol. The number of carbonyl (C=O) groups is 1. The Kier molecular flexibility index (Phi) is 4.39. The summed E-state index contributed by atoms with van der Waals surface area (Å²) in [6, 6.07) is 1.61. The van der Waals surface area contributed by atoms with Crippen LogP contribution in [0.1, 0.15) is 48.2 Å². The fraction of sp³-hybridized carbons (Fsp3) is 0.571. The molecular formula is C14H17F3N2O2. The molecule has 1 aromatic rings. The first-order valence-electron chi connectivity index (χ1n) is 6.91. The van der Waals surface area contributed by atoms with Crippen molar-refractivity contribution < 1.29 is 18.0 Å². The molecule has 1 aliphatic rings. The molecule has 1 aliphatic carbocycles. The van der Waals surface area contributed by atoms with E-state index in [4.69, 9.17) is 5.73 Å². The van der Waals surface area contributed by atoms with Gasteiger partial charge in [-0.1, -0.05) is 19.3 Å². The Labute approximate surface area is 119 Å². The van der Waals surface area contributed by atoms with E-state index in [1.54, 1.807) is 0 Å². The van der Waals surface area contributed by atoms with E-state index in [2.05, 4.69) is 0 Å². The van der Waals surface area contributed by atoms with Gasteiger partial charge in [-0.2, -0.15) is 13.2 Å². The molecule has 21 heavy (non-hydrogen) atoms. The van der Waals surface area contributed by atoms with Gasteiger partial charge in [-0.25, -0.2) is 0 Å². The number of nitrogens with two attached hydrogens (primary N) is 1. The number of alkyl halides is 3. The van der Waals surface area contributed by atoms with Crippen molar-refractivity contribution in [2.45, 2.75) is 44.8 Å². The predicted octanol–water partition coefficient (Wildman–Crippen LogP) is 2.55. The Morgan fingerprint density at radius 1 is 1.24 bits per heavy atom. The zero-order valence-corrected chi connectivity index (χ0v) is 11.4. The number of hydrogen-bond acceptors (Lipinski definition) is 2. The summed E-state index contributed by atoms with van der Waals surface area (Å²) in [6.45, 7) is -0.0191. The van der Waals surface area contributed by atoms with Gasteiger partial charge in [0.05, 0.1) is 0 Å². The number of hydrogen-bond donors (Lipinski definition) is 1. The number of pyridine rings is 1. The molecule has 0 saturated heterocycles. The molecule has 4 nitrogen and oxygen atoms in total. The van der Waals surface area contributed by atoms with E-state index in [1.807, 2.05) is 0 Å². The molecule has 0 aromatic carbocycles. The molecule has 1 fully saturated rings. The Morgan fingerprint density at radius 2 is 1.86 bits per heavy atom. The van der Waals surface area contributed by atoms with Gasteiger partial charge in [0.1, 0.15) is 11.3 Å². The van der Waals surface area contributed by atoms with Crippen molar-refractivity contribution >= 4 is 5.91 Å². The van der Waals surface area contributed by atoms with Gasteiger partial charge < -0.3 is 10.3 Å². The van der Waals surface area contributed by atoms with Crippen LogP contribution in [0.3, 0.4) is 0 Å². The van der Waals surface area contributed by atoms with Crippen LogP contribution in [-0.4, -0.2) is 10.5 Å². The van der Waals surface area contributed by atoms with Crippen molar-refractivity contribution in [1.82, 2.24) is 4.57 Å². The summed E-state index contributed by atoms with van der Waals surface area (Å²) in [5, 5.41) is 0. The smallest absolute Gasteiger partial charge is 0.365 e. The maximum Gasteiger partial charge on any atom is 0.431 e. The van der Waals surface area contributed by atoms with E-state index in [0.717, 1.165) is 44.2 Å². The second kappa shape index (κ2) is 5.91. The SMILES string of the molecule is NC(=O)c1ccc(C(F)(F)F)n(CC2CCCCC2)c1=O. The number of aromatic nitrogens is 1. The van der Waals surface area contributed by atoms with Crippen LogP contribution in [0.25, 0.3) is 0 Å². The lowest BCUT2D eigenvalue weighted by Crippen LogP contribution is -2.35. The van der Waals surface area contributed by atoms with Gasteiger partial charge in [-0.05, 0) is 30.9 Å². The first-order chi connectivity index (χ1) is 9.80. The fourth-order valence-electron chi connectivity index (χ4n) is 2.82. The molecule has 7 heteroatoms. The van der Waals surface area contributed by atoms with Crippen LogP contribution in [0, 0.1) is 5.92 Å². The van der Waals surface area contributed by atoms with Crippen LogP contribution >= 0.6 is 0 Å². The highest BCUT2D eigenvalue weighted by atomic mass is 19.4. The number of nitrogens with zero attached hydrogens (tertiary/aromatic N) is 1. The Morgan fingerprint density at radius 3 is 2.38 bits per heavy atom. The van der Waals surface area contributed by atoms with Gasteiger partial charge in [0, 0.05) is 6.54 Å². The Balaban J connectivity index is 2.45. The van der Waals surface area contributed by atoms with Crippen molar-refractivity contribution in [1.29, 1.82) is 0 Å². The average Bonchev–Trinajstić information content (AvgIpc) is 2.40. The van der Waals surface area contributed by atoms with Crippen LogP contribution < -0.4 is 11.3 Å². The number of carbonyl (C=O) groups excluding carboxylic acids is 1. The van der Waals surface area contributed by atoms with Crippen molar-refractivity contribution in [3.8, 4) is 0 Å². The predicted molar refractivity (Wildman–Crippen MR) is 70.8 cm³/mol. The number of halogens is 3. The molecule has 0 aliphatic heterocycles. The first kappa shape index (κ1) is 15.6. The van der Waals surface area contributed by atoms with Gasteiger partial charge in [0.25, 0.3) is 11.5 Å². The third kappa shape index (κ3) is 3.46. The number of primary amides is 1. The molecule has 1 saturated carbocycles. The van der Waals surface area contributed by atoms with Gasteiger partial charge in [0.2, 0.25) is 0 Å². The van der Waals surface area contributed by atoms with Crippen molar-refractivity contribution in [3.63, 3.8) is 0 Å². The van der Waals surface area contributed by atoms with E-state index >= 15 is 0 Å². The molecule has 2 rings (SSSR count). The minimum atomic E-state index is -4.63. The van der Waals surface area contributed by atoms with E-state index in [-0.39, 0.29) is 12.5 Å². The minimum Gasteiger partial charge on any atom is -0.365 e. The number of rotatable bonds is 3. The van der Waals surface area contributed by atoms with E-state index in [9.17, 15) is 22.8 Å². The molecule has 116 valence electrons. The van der Waals surface area contributed by atoms with Crippen molar-refractivity contribution in [2.75, 3.05) is 0 Å². The summed E-state index contributed by atoms with van der Waals surface area (Å²) >= 11 is 0. The second-order valence-electron chi connectivity index (χ2n) is 5.41. The standard InChI is InChI=1S/C14H17F3N2O2/c15-14(16,17)11-7-6-10(12(18)20)13(21)19(11)8-9-4-2-1-3-5-9/h6-7,9H,1-5,8H2,(H2,18,20). The molecule has 2 N–H and O–H groups in total. The van der Waals surface area contributed by atoms with Gasteiger partial charge in [-0.3, -0.25) is 9.59 Å². The summed E-state index contributed by atoms with van der Waals surface area (Å²) < 4.78 is 39.8. The molecule has 0 spiro atoms. The zero-order chi connectivity index (χ0) is 15.6. The summed E-state index contributed by atoms with van der Waals surface area (Å²) in [6.07, 6.45) is -0.0650. The lowest BCUT2D eigenvalue weighted by molar-refractivity contribution is -0.144. The molecular weight excluding hydrogens is 285 g/mol. The second-order valence-corrected chi connectivity index (χ2v) is 5.41. The highest BCUT2D eigenvalue weighted by molar-refractivity contribution is 5.92. The molecule has 0 bridgehead atoms. The quantitative estimate of drug-likeness (QED) is 0.932. The third-order valence-electron chi connectivity index (χ3n) is 3.90. The van der Waals surface area contributed by atoms with Crippen LogP contribution in [-0.2, 0) is 12.7 Å². The summed E-state index contributed by atoms with van der Waals surface area (Å²) in [7, 11) is 0. The molecule has 0 unspecified atom stereocenters. The third-order valence-corrected chi connectivity index (χ3v) is 3.90. The van der Waals surface area contributed by atoms with Gasteiger partial charge >= 0.3 is 6.18 Å². The van der Waals surface area contributed by atoms with Gasteiger partial charge in [-0.15, -0.1) is 0 Å². The topological polar surface area (TPSA) is 65.1 Å². The number of amides is 1. The lowest BCUT2D eigenvalue weighted by atomic mass is 9.89. The minimum absolute atomic E-state index is 0.0191. The van der Waals surface area contributed by atoms with Crippen molar-refractivity contribution in [2.24, 2.45) is 11.7 Å².